The van der Waals surface area contributed by atoms with Gasteiger partial charge in [-0.1, -0.05) is 11.6 Å². The van der Waals surface area contributed by atoms with E-state index in [4.69, 9.17) is 32.5 Å². The third kappa shape index (κ3) is 4.21. The van der Waals surface area contributed by atoms with Crippen molar-refractivity contribution in [1.29, 1.82) is 0 Å². The van der Waals surface area contributed by atoms with Gasteiger partial charge in [0, 0.05) is 16.3 Å². The number of allylic oxidation sites excluding steroid dienone is 1. The van der Waals surface area contributed by atoms with Crippen LogP contribution in [0.1, 0.15) is 23.0 Å². The van der Waals surface area contributed by atoms with Crippen molar-refractivity contribution in [3.05, 3.63) is 52.5 Å². The minimum atomic E-state index is -1.08. The van der Waals surface area contributed by atoms with Crippen molar-refractivity contribution < 1.29 is 18.7 Å². The molecule has 0 saturated carbocycles. The van der Waals surface area contributed by atoms with Gasteiger partial charge in [0.05, 0.1) is 13.3 Å². The van der Waals surface area contributed by atoms with Crippen molar-refractivity contribution in [2.75, 3.05) is 24.8 Å². The van der Waals surface area contributed by atoms with Gasteiger partial charge in [-0.15, -0.1) is 0 Å². The minimum absolute atomic E-state index is 0.0202. The second kappa shape index (κ2) is 7.92. The lowest BCUT2D eigenvalue weighted by Crippen LogP contribution is -2.30. The molecule has 0 unspecified atom stereocenters. The van der Waals surface area contributed by atoms with Gasteiger partial charge in [-0.3, -0.25) is 4.79 Å². The zero-order valence-corrected chi connectivity index (χ0v) is 16.3. The summed E-state index contributed by atoms with van der Waals surface area (Å²) in [5.74, 6) is -0.454. The highest BCUT2D eigenvalue weighted by Gasteiger charge is 2.32. The number of carbonyl (C=O) groups excluding carboxylic acids is 1. The van der Waals surface area contributed by atoms with E-state index in [1.165, 1.54) is 19.4 Å². The molecule has 1 aromatic carbocycles. The number of anilines is 2. The highest BCUT2D eigenvalue weighted by molar-refractivity contribution is 6.31. The smallest absolute Gasteiger partial charge is 0.288 e. The van der Waals surface area contributed by atoms with Gasteiger partial charge in [0.1, 0.15) is 18.0 Å². The van der Waals surface area contributed by atoms with Crippen LogP contribution in [0.5, 0.6) is 5.88 Å². The van der Waals surface area contributed by atoms with Crippen LogP contribution in [0.15, 0.2) is 41.2 Å². The van der Waals surface area contributed by atoms with Crippen molar-refractivity contribution in [2.45, 2.75) is 12.5 Å². The summed E-state index contributed by atoms with van der Waals surface area (Å²) in [5.41, 5.74) is 11.2. The molecular formula is C18H18ClFN6O3. The summed E-state index contributed by atoms with van der Waals surface area (Å²) in [5, 5.41) is 3.02. The van der Waals surface area contributed by atoms with E-state index in [2.05, 4.69) is 20.3 Å². The van der Waals surface area contributed by atoms with E-state index in [9.17, 15) is 9.18 Å². The number of aromatic nitrogens is 2. The summed E-state index contributed by atoms with van der Waals surface area (Å²) in [7, 11) is 1.41. The number of rotatable bonds is 5. The molecule has 0 radical (unpaired) electrons. The van der Waals surface area contributed by atoms with Crippen molar-refractivity contribution in [1.82, 2.24) is 9.97 Å². The molecule has 0 bridgehead atoms. The lowest BCUT2D eigenvalue weighted by Gasteiger charge is -2.28. The lowest BCUT2D eigenvalue weighted by molar-refractivity contribution is 0.102. The van der Waals surface area contributed by atoms with Gasteiger partial charge in [0.2, 0.25) is 5.88 Å². The van der Waals surface area contributed by atoms with Gasteiger partial charge in [-0.05, 0) is 31.2 Å². The zero-order valence-electron chi connectivity index (χ0n) is 15.6. The average molecular weight is 421 g/mol. The van der Waals surface area contributed by atoms with E-state index in [0.717, 1.165) is 0 Å². The van der Waals surface area contributed by atoms with Gasteiger partial charge < -0.3 is 26.3 Å². The molecule has 152 valence electrons. The van der Waals surface area contributed by atoms with Gasteiger partial charge >= 0.3 is 0 Å². The number of benzene rings is 1. The minimum Gasteiger partial charge on any atom is -0.480 e. The average Bonchev–Trinajstić information content (AvgIpc) is 2.68. The number of nitrogens with two attached hydrogens (primary N) is 2. The molecule has 9 nitrogen and oxygen atoms in total. The Kier molecular flexibility index (Phi) is 5.55. The summed E-state index contributed by atoms with van der Waals surface area (Å²) in [4.78, 5) is 24.7. The first-order valence-corrected chi connectivity index (χ1v) is 8.72. The van der Waals surface area contributed by atoms with E-state index in [0.29, 0.717) is 16.3 Å². The maximum atomic E-state index is 13.1. The molecule has 0 spiro atoms. The molecule has 2 aromatic rings. The van der Waals surface area contributed by atoms with Crippen LogP contribution in [0.3, 0.4) is 0 Å². The number of methoxy groups -OCH3 is 1. The summed E-state index contributed by atoms with van der Waals surface area (Å²) in [6.07, 6.45) is 2.76. The number of amides is 1. The maximum Gasteiger partial charge on any atom is 0.288 e. The van der Waals surface area contributed by atoms with Crippen molar-refractivity contribution in [3.63, 3.8) is 0 Å². The molecule has 2 heterocycles. The van der Waals surface area contributed by atoms with Crippen molar-refractivity contribution in [2.24, 2.45) is 10.7 Å². The molecule has 0 fully saturated rings. The van der Waals surface area contributed by atoms with Gasteiger partial charge in [-0.25, -0.2) is 14.4 Å². The van der Waals surface area contributed by atoms with E-state index in [1.807, 2.05) is 0 Å². The Morgan fingerprint density at radius 1 is 1.41 bits per heavy atom. The lowest BCUT2D eigenvalue weighted by atomic mass is 9.90. The third-order valence-electron chi connectivity index (χ3n) is 4.12. The molecule has 5 N–H and O–H groups in total. The van der Waals surface area contributed by atoms with E-state index < -0.39 is 18.1 Å². The van der Waals surface area contributed by atoms with E-state index >= 15 is 0 Å². The monoisotopic (exact) mass is 420 g/mol. The topological polar surface area (TPSA) is 138 Å². The molecular weight excluding hydrogens is 403 g/mol. The number of nitrogens with zero attached hydrogens (tertiary/aromatic N) is 3. The number of hydrogen-bond acceptors (Lipinski definition) is 8. The number of alkyl halides is 1. The number of halogens is 2. The third-order valence-corrected chi connectivity index (χ3v) is 4.45. The quantitative estimate of drug-likeness (QED) is 0.675. The molecule has 1 aliphatic heterocycles. The Morgan fingerprint density at radius 3 is 2.83 bits per heavy atom. The number of nitrogen functional groups attached to an aromatic ring is 1. The number of carbonyl (C=O) groups is 1. The highest BCUT2D eigenvalue weighted by Crippen LogP contribution is 2.37. The second-order valence-corrected chi connectivity index (χ2v) is 6.65. The second-order valence-electron chi connectivity index (χ2n) is 6.24. The first-order chi connectivity index (χ1) is 13.8. The molecule has 1 aliphatic rings. The summed E-state index contributed by atoms with van der Waals surface area (Å²) in [6.45, 7) is 0.840. The van der Waals surface area contributed by atoms with Crippen molar-refractivity contribution in [3.8, 4) is 5.88 Å². The number of amidine groups is 1. The molecule has 1 aromatic heterocycles. The summed E-state index contributed by atoms with van der Waals surface area (Å²) in [6, 6.07) is 4.58. The number of nitrogens with one attached hydrogen (secondary N) is 1. The van der Waals surface area contributed by atoms with Crippen LogP contribution in [0.2, 0.25) is 5.02 Å². The van der Waals surface area contributed by atoms with Crippen LogP contribution in [0, 0.1) is 0 Å². The van der Waals surface area contributed by atoms with Gasteiger partial charge in [0.25, 0.3) is 11.9 Å². The zero-order chi connectivity index (χ0) is 21.2. The van der Waals surface area contributed by atoms with Gasteiger partial charge in [0.15, 0.2) is 11.5 Å². The molecule has 0 saturated heterocycles. The Hall–Kier alpha value is -3.40. The maximum absolute atomic E-state index is 13.1. The Bertz CT molecular complexity index is 1030. The molecule has 0 aliphatic carbocycles. The fraction of sp³-hybridized carbons (Fsp3) is 0.222. The Morgan fingerprint density at radius 2 is 2.17 bits per heavy atom. The Balaban J connectivity index is 1.93. The fourth-order valence-electron chi connectivity index (χ4n) is 2.81. The molecule has 1 amide bonds. The molecule has 11 heteroatoms. The molecule has 3 rings (SSSR count). The van der Waals surface area contributed by atoms with Gasteiger partial charge in [-0.2, -0.15) is 4.98 Å². The first-order valence-electron chi connectivity index (χ1n) is 8.34. The fourth-order valence-corrected chi connectivity index (χ4v) is 3.11. The SMILES string of the molecule is COc1cnc(C(=O)Nc2ccc(Cl)c([C@]3(C)C=C(CF)OC(N)=N3)c2)c(N)n1. The number of aliphatic imine (C=N–C) groups is 1. The summed E-state index contributed by atoms with van der Waals surface area (Å²) >= 11 is 6.33. The normalized spacial score (nSPS) is 18.3. The van der Waals surface area contributed by atoms with E-state index in [-0.39, 0.29) is 29.2 Å². The Labute approximate surface area is 170 Å². The first kappa shape index (κ1) is 20.3. The number of hydrogen-bond donors (Lipinski definition) is 3. The van der Waals surface area contributed by atoms with Crippen LogP contribution in [-0.4, -0.2) is 35.7 Å². The van der Waals surface area contributed by atoms with Crippen LogP contribution in [-0.2, 0) is 10.3 Å². The molecule has 29 heavy (non-hydrogen) atoms. The number of ether oxygens (including phenoxy) is 2. The van der Waals surface area contributed by atoms with Crippen LogP contribution in [0.25, 0.3) is 0 Å². The van der Waals surface area contributed by atoms with Crippen LogP contribution < -0.4 is 21.5 Å². The van der Waals surface area contributed by atoms with Crippen LogP contribution >= 0.6 is 11.6 Å². The highest BCUT2D eigenvalue weighted by atomic mass is 35.5. The predicted octanol–water partition coefficient (Wildman–Crippen LogP) is 2.39. The largest absolute Gasteiger partial charge is 0.480 e. The van der Waals surface area contributed by atoms with Crippen molar-refractivity contribution >= 4 is 35.0 Å². The molecule has 1 atom stereocenters. The predicted molar refractivity (Wildman–Crippen MR) is 107 cm³/mol. The van der Waals surface area contributed by atoms with E-state index in [1.54, 1.807) is 25.1 Å². The summed E-state index contributed by atoms with van der Waals surface area (Å²) < 4.78 is 23.1. The van der Waals surface area contributed by atoms with Crippen LogP contribution in [0.4, 0.5) is 15.9 Å². The standard InChI is InChI=1S/C18H18ClFN6O3/c1-18(6-10(7-20)29-17(22)26-18)11-5-9(3-4-12(11)19)24-16(27)14-15(21)25-13(28-2)8-23-14/h3-6,8H,7H2,1-2H3,(H2,21,25)(H2,22,26)(H,24,27)/t18-/m0/s1.